The minimum Gasteiger partial charge on any atom is -0.497 e. The number of hydrogen-bond donors (Lipinski definition) is 0. The molecule has 2 aromatic rings. The zero-order valence-corrected chi connectivity index (χ0v) is 11.4. The monoisotopic (exact) mass is 260 g/mol. The molecule has 0 saturated heterocycles. The molecule has 100 valence electrons. The van der Waals surface area contributed by atoms with E-state index in [0.717, 1.165) is 16.9 Å². The van der Waals surface area contributed by atoms with Gasteiger partial charge in [0.05, 0.1) is 14.2 Å². The molecule has 1 aromatic heterocycles. The molecule has 4 heteroatoms. The van der Waals surface area contributed by atoms with Crippen LogP contribution in [0.4, 0.5) is 0 Å². The number of carbonyl (C=O) groups is 1. The summed E-state index contributed by atoms with van der Waals surface area (Å²) in [6.45, 7) is 3.59. The van der Waals surface area contributed by atoms with E-state index in [0.29, 0.717) is 17.1 Å². The summed E-state index contributed by atoms with van der Waals surface area (Å²) >= 11 is 0. The van der Waals surface area contributed by atoms with Crippen LogP contribution < -0.4 is 4.74 Å². The van der Waals surface area contributed by atoms with Gasteiger partial charge in [-0.2, -0.15) is 0 Å². The van der Waals surface area contributed by atoms with Gasteiger partial charge in [0.25, 0.3) is 0 Å². The molecule has 0 radical (unpaired) electrons. The van der Waals surface area contributed by atoms with E-state index in [-0.39, 0.29) is 5.97 Å². The third kappa shape index (κ3) is 2.34. The quantitative estimate of drug-likeness (QED) is 0.794. The van der Waals surface area contributed by atoms with Gasteiger partial charge >= 0.3 is 5.97 Å². The van der Waals surface area contributed by atoms with Crippen LogP contribution in [0.3, 0.4) is 0 Å². The molecule has 0 fully saturated rings. The van der Waals surface area contributed by atoms with Crippen molar-refractivity contribution < 1.29 is 18.7 Å². The third-order valence-corrected chi connectivity index (χ3v) is 3.03. The largest absolute Gasteiger partial charge is 0.497 e. The first-order chi connectivity index (χ1) is 9.08. The highest BCUT2D eigenvalue weighted by Gasteiger charge is 2.23. The normalized spacial score (nSPS) is 10.3. The summed E-state index contributed by atoms with van der Waals surface area (Å²) in [5.74, 6) is 1.64. The molecule has 0 aliphatic rings. The molecule has 1 aromatic carbocycles. The Kier molecular flexibility index (Phi) is 3.60. The maximum absolute atomic E-state index is 11.9. The zero-order valence-electron chi connectivity index (χ0n) is 11.4. The molecule has 0 aliphatic heterocycles. The molecule has 0 saturated carbocycles. The van der Waals surface area contributed by atoms with E-state index in [2.05, 4.69) is 0 Å². The number of hydrogen-bond acceptors (Lipinski definition) is 4. The maximum atomic E-state index is 11.9. The van der Waals surface area contributed by atoms with E-state index in [9.17, 15) is 4.79 Å². The molecule has 0 unspecified atom stereocenters. The second kappa shape index (κ2) is 5.18. The van der Waals surface area contributed by atoms with Gasteiger partial charge in [0, 0.05) is 5.56 Å². The first-order valence-electron chi connectivity index (χ1n) is 5.91. The van der Waals surface area contributed by atoms with Crippen molar-refractivity contribution in [2.75, 3.05) is 14.2 Å². The van der Waals surface area contributed by atoms with Crippen molar-refractivity contribution in [3.8, 4) is 16.9 Å². The highest BCUT2D eigenvalue weighted by atomic mass is 16.5. The van der Waals surface area contributed by atoms with E-state index in [1.807, 2.05) is 31.2 Å². The van der Waals surface area contributed by atoms with E-state index >= 15 is 0 Å². The van der Waals surface area contributed by atoms with Gasteiger partial charge in [0.15, 0.2) is 0 Å². The van der Waals surface area contributed by atoms with Crippen molar-refractivity contribution in [1.29, 1.82) is 0 Å². The Morgan fingerprint density at radius 3 is 2.21 bits per heavy atom. The Balaban J connectivity index is 2.57. The second-order valence-electron chi connectivity index (χ2n) is 4.18. The molecule has 0 aliphatic carbocycles. The lowest BCUT2D eigenvalue weighted by atomic mass is 10.0. The number of benzene rings is 1. The summed E-state index contributed by atoms with van der Waals surface area (Å²) in [6.07, 6.45) is 0. The van der Waals surface area contributed by atoms with Crippen LogP contribution in [0.2, 0.25) is 0 Å². The fourth-order valence-electron chi connectivity index (χ4n) is 2.14. The summed E-state index contributed by atoms with van der Waals surface area (Å²) in [5, 5.41) is 0. The third-order valence-electron chi connectivity index (χ3n) is 3.03. The minimum atomic E-state index is -0.389. The van der Waals surface area contributed by atoms with Crippen LogP contribution in [0, 0.1) is 13.8 Å². The van der Waals surface area contributed by atoms with Gasteiger partial charge in [0.1, 0.15) is 22.8 Å². The van der Waals surface area contributed by atoms with E-state index in [1.165, 1.54) is 7.11 Å². The first kappa shape index (κ1) is 13.2. The summed E-state index contributed by atoms with van der Waals surface area (Å²) in [6, 6.07) is 7.47. The Bertz CT molecular complexity index is 593. The van der Waals surface area contributed by atoms with Crippen molar-refractivity contribution >= 4 is 5.97 Å². The van der Waals surface area contributed by atoms with Gasteiger partial charge in [-0.25, -0.2) is 4.79 Å². The lowest BCUT2D eigenvalue weighted by molar-refractivity contribution is 0.0599. The minimum absolute atomic E-state index is 0.389. The van der Waals surface area contributed by atoms with Crippen molar-refractivity contribution in [2.24, 2.45) is 0 Å². The van der Waals surface area contributed by atoms with Crippen LogP contribution in [0.25, 0.3) is 11.1 Å². The highest BCUT2D eigenvalue weighted by Crippen LogP contribution is 2.33. The lowest BCUT2D eigenvalue weighted by Crippen LogP contribution is -2.03. The van der Waals surface area contributed by atoms with Gasteiger partial charge in [-0.1, -0.05) is 12.1 Å². The van der Waals surface area contributed by atoms with E-state index in [4.69, 9.17) is 13.9 Å². The summed E-state index contributed by atoms with van der Waals surface area (Å²) in [7, 11) is 2.98. The van der Waals surface area contributed by atoms with Gasteiger partial charge in [-0.15, -0.1) is 0 Å². The van der Waals surface area contributed by atoms with Gasteiger partial charge in [-0.05, 0) is 31.5 Å². The maximum Gasteiger partial charge on any atom is 0.342 e. The van der Waals surface area contributed by atoms with Crippen LogP contribution in [-0.2, 0) is 4.74 Å². The van der Waals surface area contributed by atoms with Gasteiger partial charge in [0.2, 0.25) is 0 Å². The van der Waals surface area contributed by atoms with Crippen LogP contribution in [0.1, 0.15) is 21.9 Å². The van der Waals surface area contributed by atoms with Crippen molar-refractivity contribution in [2.45, 2.75) is 13.8 Å². The Hall–Kier alpha value is -2.23. The molecule has 4 nitrogen and oxygen atoms in total. The topological polar surface area (TPSA) is 48.7 Å². The molecular formula is C15H16O4. The fraction of sp³-hybridized carbons (Fsp3) is 0.267. The number of furan rings is 1. The predicted octanol–water partition coefficient (Wildman–Crippen LogP) is 3.36. The smallest absolute Gasteiger partial charge is 0.342 e. The number of rotatable bonds is 3. The number of ether oxygens (including phenoxy) is 2. The Morgan fingerprint density at radius 1 is 1.05 bits per heavy atom. The van der Waals surface area contributed by atoms with Crippen LogP contribution in [0.5, 0.6) is 5.75 Å². The molecule has 0 atom stereocenters. The van der Waals surface area contributed by atoms with Crippen molar-refractivity contribution in [3.05, 3.63) is 41.3 Å². The molecular weight excluding hydrogens is 244 g/mol. The average Bonchev–Trinajstić information content (AvgIpc) is 2.72. The van der Waals surface area contributed by atoms with Crippen molar-refractivity contribution in [1.82, 2.24) is 0 Å². The molecule has 19 heavy (non-hydrogen) atoms. The molecule has 0 spiro atoms. The lowest BCUT2D eigenvalue weighted by Gasteiger charge is -2.05. The average molecular weight is 260 g/mol. The molecule has 0 amide bonds. The summed E-state index contributed by atoms with van der Waals surface area (Å²) in [5.41, 5.74) is 2.15. The number of carbonyl (C=O) groups excluding carboxylic acids is 1. The number of esters is 1. The summed E-state index contributed by atoms with van der Waals surface area (Å²) in [4.78, 5) is 11.9. The SMILES string of the molecule is COC(=O)c1c(C)oc(C)c1-c1ccc(OC)cc1. The Labute approximate surface area is 111 Å². The van der Waals surface area contributed by atoms with Crippen LogP contribution in [0.15, 0.2) is 28.7 Å². The molecule has 0 N–H and O–H groups in total. The fourth-order valence-corrected chi connectivity index (χ4v) is 2.14. The summed E-state index contributed by atoms with van der Waals surface area (Å²) < 4.78 is 15.5. The van der Waals surface area contributed by atoms with Crippen LogP contribution in [-0.4, -0.2) is 20.2 Å². The highest BCUT2D eigenvalue weighted by molar-refractivity contribution is 5.99. The van der Waals surface area contributed by atoms with Crippen molar-refractivity contribution in [3.63, 3.8) is 0 Å². The second-order valence-corrected chi connectivity index (χ2v) is 4.18. The van der Waals surface area contributed by atoms with Gasteiger partial charge < -0.3 is 13.9 Å². The Morgan fingerprint density at radius 2 is 1.68 bits per heavy atom. The molecule has 0 bridgehead atoms. The number of aryl methyl sites for hydroxylation is 2. The molecule has 2 rings (SSSR count). The van der Waals surface area contributed by atoms with Gasteiger partial charge in [-0.3, -0.25) is 0 Å². The van der Waals surface area contributed by atoms with E-state index < -0.39 is 0 Å². The van der Waals surface area contributed by atoms with Crippen LogP contribution >= 0.6 is 0 Å². The number of methoxy groups -OCH3 is 2. The zero-order chi connectivity index (χ0) is 14.0. The first-order valence-corrected chi connectivity index (χ1v) is 5.91. The standard InChI is InChI=1S/C15H16O4/c1-9-13(11-5-7-12(17-3)8-6-11)14(10(2)19-9)15(16)18-4/h5-8H,1-4H3. The van der Waals surface area contributed by atoms with E-state index in [1.54, 1.807) is 14.0 Å². The predicted molar refractivity (Wildman–Crippen MR) is 71.5 cm³/mol. The molecule has 1 heterocycles.